The molecule has 0 fully saturated rings. The molecule has 108 valence electrons. The lowest BCUT2D eigenvalue weighted by Gasteiger charge is -2.09. The molecule has 2 aromatic carbocycles. The van der Waals surface area contributed by atoms with Gasteiger partial charge < -0.3 is 10.4 Å². The number of non-ortho nitro benzene ring substituents is 1. The molecule has 0 aromatic heterocycles. The van der Waals surface area contributed by atoms with E-state index in [1.807, 2.05) is 0 Å². The van der Waals surface area contributed by atoms with Crippen LogP contribution in [0, 0.1) is 21.7 Å². The van der Waals surface area contributed by atoms with Crippen LogP contribution in [-0.4, -0.2) is 16.0 Å². The maximum atomic E-state index is 13.1. The standard InChI is InChI=1S/C13H8F2N2O4/c14-7-3-8(15)5-9(4-7)16-12-6-10(17(20)21)1-2-11(12)13(18)19/h1-6,16H,(H,18,19). The second-order valence-electron chi connectivity index (χ2n) is 4.08. The van der Waals surface area contributed by atoms with Gasteiger partial charge in [-0.25, -0.2) is 13.6 Å². The smallest absolute Gasteiger partial charge is 0.337 e. The SMILES string of the molecule is O=C(O)c1ccc([N+](=O)[O-])cc1Nc1cc(F)cc(F)c1. The van der Waals surface area contributed by atoms with E-state index in [9.17, 15) is 23.7 Å². The van der Waals surface area contributed by atoms with Gasteiger partial charge in [-0.15, -0.1) is 0 Å². The van der Waals surface area contributed by atoms with E-state index in [-0.39, 0.29) is 22.6 Å². The molecular formula is C13H8F2N2O4. The van der Waals surface area contributed by atoms with E-state index in [2.05, 4.69) is 5.32 Å². The molecule has 2 N–H and O–H groups in total. The summed E-state index contributed by atoms with van der Waals surface area (Å²) in [6.45, 7) is 0. The average molecular weight is 294 g/mol. The van der Waals surface area contributed by atoms with Crippen molar-refractivity contribution in [2.45, 2.75) is 0 Å². The van der Waals surface area contributed by atoms with Gasteiger partial charge in [0.15, 0.2) is 0 Å². The van der Waals surface area contributed by atoms with Crippen molar-refractivity contribution in [2.24, 2.45) is 0 Å². The molecule has 2 aromatic rings. The van der Waals surface area contributed by atoms with E-state index in [4.69, 9.17) is 5.11 Å². The van der Waals surface area contributed by atoms with E-state index in [0.29, 0.717) is 6.07 Å². The number of aromatic carboxylic acids is 1. The molecule has 0 radical (unpaired) electrons. The lowest BCUT2D eigenvalue weighted by molar-refractivity contribution is -0.384. The summed E-state index contributed by atoms with van der Waals surface area (Å²) in [5.74, 6) is -3.05. The number of nitro groups is 1. The number of carboxylic acids is 1. The van der Waals surface area contributed by atoms with Crippen LogP contribution in [0.2, 0.25) is 0 Å². The summed E-state index contributed by atoms with van der Waals surface area (Å²) in [5, 5.41) is 22.2. The lowest BCUT2D eigenvalue weighted by atomic mass is 10.1. The van der Waals surface area contributed by atoms with E-state index in [0.717, 1.165) is 30.3 Å². The van der Waals surface area contributed by atoms with Crippen LogP contribution in [0.4, 0.5) is 25.8 Å². The fourth-order valence-electron chi connectivity index (χ4n) is 1.72. The molecule has 8 heteroatoms. The Hall–Kier alpha value is -3.03. The van der Waals surface area contributed by atoms with Crippen molar-refractivity contribution in [2.75, 3.05) is 5.32 Å². The first-order valence-electron chi connectivity index (χ1n) is 5.61. The summed E-state index contributed by atoms with van der Waals surface area (Å²) >= 11 is 0. The Bertz CT molecular complexity index is 714. The monoisotopic (exact) mass is 294 g/mol. The molecule has 0 spiro atoms. The molecule has 0 bridgehead atoms. The summed E-state index contributed by atoms with van der Waals surface area (Å²) < 4.78 is 26.2. The zero-order valence-corrected chi connectivity index (χ0v) is 10.3. The topological polar surface area (TPSA) is 92.5 Å². The van der Waals surface area contributed by atoms with E-state index in [1.54, 1.807) is 0 Å². The van der Waals surface area contributed by atoms with Crippen LogP contribution >= 0.6 is 0 Å². The molecule has 2 rings (SSSR count). The van der Waals surface area contributed by atoms with Gasteiger partial charge >= 0.3 is 5.97 Å². The summed E-state index contributed by atoms with van der Waals surface area (Å²) in [7, 11) is 0. The van der Waals surface area contributed by atoms with Crippen LogP contribution in [-0.2, 0) is 0 Å². The number of carbonyl (C=O) groups is 1. The highest BCUT2D eigenvalue weighted by Gasteiger charge is 2.16. The molecule has 0 aliphatic rings. The van der Waals surface area contributed by atoms with E-state index < -0.39 is 22.5 Å². The predicted molar refractivity (Wildman–Crippen MR) is 69.7 cm³/mol. The Kier molecular flexibility index (Phi) is 3.79. The van der Waals surface area contributed by atoms with Crippen molar-refractivity contribution in [3.05, 3.63) is 63.7 Å². The molecule has 21 heavy (non-hydrogen) atoms. The third-order valence-corrected chi connectivity index (χ3v) is 2.59. The molecule has 6 nitrogen and oxygen atoms in total. The first kappa shape index (κ1) is 14.4. The maximum absolute atomic E-state index is 13.1. The molecule has 0 aliphatic carbocycles. The lowest BCUT2D eigenvalue weighted by Crippen LogP contribution is -2.04. The zero-order chi connectivity index (χ0) is 15.6. The second-order valence-corrected chi connectivity index (χ2v) is 4.08. The highest BCUT2D eigenvalue weighted by Crippen LogP contribution is 2.26. The first-order valence-corrected chi connectivity index (χ1v) is 5.61. The van der Waals surface area contributed by atoms with Crippen LogP contribution in [0.3, 0.4) is 0 Å². The minimum atomic E-state index is -1.33. The van der Waals surface area contributed by atoms with Crippen molar-refractivity contribution < 1.29 is 23.6 Å². The summed E-state index contributed by atoms with van der Waals surface area (Å²) in [6.07, 6.45) is 0. The second kappa shape index (κ2) is 5.53. The number of halogens is 2. The summed E-state index contributed by atoms with van der Waals surface area (Å²) in [4.78, 5) is 21.1. The third kappa shape index (κ3) is 3.30. The highest BCUT2D eigenvalue weighted by atomic mass is 19.1. The quantitative estimate of drug-likeness (QED) is 0.666. The van der Waals surface area contributed by atoms with Gasteiger partial charge in [0.2, 0.25) is 0 Å². The normalized spacial score (nSPS) is 10.2. The number of nitrogens with zero attached hydrogens (tertiary/aromatic N) is 1. The number of anilines is 2. The van der Waals surface area contributed by atoms with Crippen molar-refractivity contribution in [1.29, 1.82) is 0 Å². The first-order chi connectivity index (χ1) is 9.86. The third-order valence-electron chi connectivity index (χ3n) is 2.59. The predicted octanol–water partition coefficient (Wildman–Crippen LogP) is 3.31. The number of benzene rings is 2. The summed E-state index contributed by atoms with van der Waals surface area (Å²) in [5.41, 5.74) is -0.804. The molecule has 0 saturated heterocycles. The van der Waals surface area contributed by atoms with Gasteiger partial charge in [0.1, 0.15) is 11.6 Å². The number of rotatable bonds is 4. The number of carboxylic acid groups (broad SMARTS) is 1. The van der Waals surface area contributed by atoms with E-state index in [1.165, 1.54) is 0 Å². The average Bonchev–Trinajstić information content (AvgIpc) is 2.36. The maximum Gasteiger partial charge on any atom is 0.337 e. The van der Waals surface area contributed by atoms with Crippen LogP contribution in [0.25, 0.3) is 0 Å². The van der Waals surface area contributed by atoms with Gasteiger partial charge in [0, 0.05) is 23.9 Å². The van der Waals surface area contributed by atoms with Gasteiger partial charge in [-0.1, -0.05) is 0 Å². The molecule has 0 atom stereocenters. The van der Waals surface area contributed by atoms with Crippen LogP contribution in [0.5, 0.6) is 0 Å². The molecule has 0 saturated carbocycles. The summed E-state index contributed by atoms with van der Waals surface area (Å²) in [6, 6.07) is 5.57. The van der Waals surface area contributed by atoms with Crippen molar-refractivity contribution in [1.82, 2.24) is 0 Å². The zero-order valence-electron chi connectivity index (χ0n) is 10.3. The Labute approximate surface area is 116 Å². The molecular weight excluding hydrogens is 286 g/mol. The molecule has 0 amide bonds. The Morgan fingerprint density at radius 2 is 1.76 bits per heavy atom. The van der Waals surface area contributed by atoms with Crippen molar-refractivity contribution in [3.8, 4) is 0 Å². The molecule has 0 aliphatic heterocycles. The largest absolute Gasteiger partial charge is 0.478 e. The fourth-order valence-corrected chi connectivity index (χ4v) is 1.72. The minimum Gasteiger partial charge on any atom is -0.478 e. The molecule has 0 heterocycles. The van der Waals surface area contributed by atoms with Gasteiger partial charge in [-0.05, 0) is 18.2 Å². The highest BCUT2D eigenvalue weighted by molar-refractivity contribution is 5.95. The van der Waals surface area contributed by atoms with Crippen molar-refractivity contribution in [3.63, 3.8) is 0 Å². The van der Waals surface area contributed by atoms with Crippen LogP contribution in [0.15, 0.2) is 36.4 Å². The number of nitro benzene ring substituents is 1. The van der Waals surface area contributed by atoms with Gasteiger partial charge in [-0.3, -0.25) is 10.1 Å². The number of nitrogens with one attached hydrogen (secondary N) is 1. The van der Waals surface area contributed by atoms with Gasteiger partial charge in [-0.2, -0.15) is 0 Å². The fraction of sp³-hybridized carbons (Fsp3) is 0. The van der Waals surface area contributed by atoms with Gasteiger partial charge in [0.05, 0.1) is 16.2 Å². The van der Waals surface area contributed by atoms with Crippen molar-refractivity contribution >= 4 is 23.0 Å². The number of hydrogen-bond donors (Lipinski definition) is 2. The number of hydrogen-bond acceptors (Lipinski definition) is 4. The van der Waals surface area contributed by atoms with Gasteiger partial charge in [0.25, 0.3) is 5.69 Å². The molecule has 0 unspecified atom stereocenters. The van der Waals surface area contributed by atoms with Crippen LogP contribution in [0.1, 0.15) is 10.4 Å². The van der Waals surface area contributed by atoms with E-state index >= 15 is 0 Å². The Balaban J connectivity index is 2.47. The van der Waals surface area contributed by atoms with Crippen LogP contribution < -0.4 is 5.32 Å². The Morgan fingerprint density at radius 1 is 1.14 bits per heavy atom. The minimum absolute atomic E-state index is 0.0597. The Morgan fingerprint density at radius 3 is 2.29 bits per heavy atom.